The zero-order valence-electron chi connectivity index (χ0n) is 11.2. The molecule has 1 fully saturated rings. The first-order chi connectivity index (χ1) is 9.26. The van der Waals surface area contributed by atoms with Crippen molar-refractivity contribution in [3.05, 3.63) is 47.6 Å². The van der Waals surface area contributed by atoms with E-state index >= 15 is 0 Å². The summed E-state index contributed by atoms with van der Waals surface area (Å²) in [5, 5.41) is 4.06. The van der Waals surface area contributed by atoms with Crippen LogP contribution in [0.2, 0.25) is 0 Å². The third-order valence-corrected chi connectivity index (χ3v) is 3.86. The number of benzene rings is 1. The lowest BCUT2D eigenvalue weighted by Gasteiger charge is -2.09. The Morgan fingerprint density at radius 1 is 1.32 bits per heavy atom. The molecule has 1 atom stereocenters. The van der Waals surface area contributed by atoms with Crippen molar-refractivity contribution in [2.45, 2.75) is 44.1 Å². The van der Waals surface area contributed by atoms with Crippen molar-refractivity contribution in [2.24, 2.45) is 5.73 Å². The largest absolute Gasteiger partial charge is 0.338 e. The van der Waals surface area contributed by atoms with Crippen LogP contribution >= 0.6 is 0 Å². The van der Waals surface area contributed by atoms with Gasteiger partial charge in [-0.15, -0.1) is 0 Å². The van der Waals surface area contributed by atoms with E-state index in [4.69, 9.17) is 10.3 Å². The maximum Gasteiger partial charge on any atom is 0.237 e. The van der Waals surface area contributed by atoms with E-state index in [0.717, 1.165) is 31.6 Å². The van der Waals surface area contributed by atoms with Gasteiger partial charge in [-0.05, 0) is 24.8 Å². The zero-order valence-corrected chi connectivity index (χ0v) is 11.2. The van der Waals surface area contributed by atoms with Gasteiger partial charge in [0, 0.05) is 0 Å². The van der Waals surface area contributed by atoms with Crippen LogP contribution in [0, 0.1) is 0 Å². The van der Waals surface area contributed by atoms with E-state index in [2.05, 4.69) is 41.3 Å². The average molecular weight is 257 g/mol. The summed E-state index contributed by atoms with van der Waals surface area (Å²) >= 11 is 0. The Bertz CT molecular complexity index is 546. The molecule has 1 heterocycles. The first-order valence-corrected chi connectivity index (χ1v) is 6.91. The molecule has 0 aliphatic heterocycles. The second-order valence-corrected chi connectivity index (χ2v) is 5.30. The van der Waals surface area contributed by atoms with Crippen LogP contribution in [0.25, 0.3) is 0 Å². The maximum atomic E-state index is 6.04. The monoisotopic (exact) mass is 257 g/mol. The van der Waals surface area contributed by atoms with Gasteiger partial charge in [-0.1, -0.05) is 48.8 Å². The highest BCUT2D eigenvalue weighted by atomic mass is 16.5. The molecule has 0 amide bonds. The summed E-state index contributed by atoms with van der Waals surface area (Å²) in [6.07, 6.45) is 4.05. The van der Waals surface area contributed by atoms with Gasteiger partial charge in [-0.3, -0.25) is 0 Å². The summed E-state index contributed by atoms with van der Waals surface area (Å²) in [7, 11) is 0. The SMILES string of the molecule is CCCC(N)c1noc(C2(c3ccccc3)CC2)n1. The van der Waals surface area contributed by atoms with Gasteiger partial charge in [0.1, 0.15) is 0 Å². The van der Waals surface area contributed by atoms with Crippen molar-refractivity contribution in [2.75, 3.05) is 0 Å². The van der Waals surface area contributed by atoms with Gasteiger partial charge in [0.25, 0.3) is 0 Å². The van der Waals surface area contributed by atoms with Crippen LogP contribution in [0.4, 0.5) is 0 Å². The summed E-state index contributed by atoms with van der Waals surface area (Å²) in [6.45, 7) is 2.10. The Hall–Kier alpha value is -1.68. The Balaban J connectivity index is 1.87. The molecule has 0 saturated heterocycles. The first kappa shape index (κ1) is 12.4. The molecule has 19 heavy (non-hydrogen) atoms. The fourth-order valence-corrected chi connectivity index (χ4v) is 2.53. The number of hydrogen-bond acceptors (Lipinski definition) is 4. The van der Waals surface area contributed by atoms with Gasteiger partial charge >= 0.3 is 0 Å². The van der Waals surface area contributed by atoms with Gasteiger partial charge in [0.2, 0.25) is 5.89 Å². The van der Waals surface area contributed by atoms with Crippen LogP contribution in [0.5, 0.6) is 0 Å². The molecule has 100 valence electrons. The van der Waals surface area contributed by atoms with E-state index in [9.17, 15) is 0 Å². The van der Waals surface area contributed by atoms with Crippen molar-refractivity contribution in [1.82, 2.24) is 10.1 Å². The molecule has 1 aromatic heterocycles. The van der Waals surface area contributed by atoms with Gasteiger partial charge in [0.15, 0.2) is 5.82 Å². The number of aromatic nitrogens is 2. The Labute approximate surface area is 113 Å². The average Bonchev–Trinajstić information content (AvgIpc) is 3.10. The van der Waals surface area contributed by atoms with Crippen LogP contribution in [-0.4, -0.2) is 10.1 Å². The fraction of sp³-hybridized carbons (Fsp3) is 0.467. The van der Waals surface area contributed by atoms with Crippen LogP contribution in [0.1, 0.15) is 55.9 Å². The minimum Gasteiger partial charge on any atom is -0.338 e. The highest BCUT2D eigenvalue weighted by molar-refractivity contribution is 5.38. The van der Waals surface area contributed by atoms with E-state index in [-0.39, 0.29) is 11.5 Å². The van der Waals surface area contributed by atoms with E-state index in [1.54, 1.807) is 0 Å². The number of rotatable bonds is 5. The molecule has 2 aromatic rings. The van der Waals surface area contributed by atoms with Crippen molar-refractivity contribution in [1.29, 1.82) is 0 Å². The zero-order chi connectivity index (χ0) is 13.3. The predicted octanol–water partition coefficient (Wildman–Crippen LogP) is 2.95. The van der Waals surface area contributed by atoms with Crippen molar-refractivity contribution in [3.8, 4) is 0 Å². The molecular formula is C15H19N3O. The lowest BCUT2D eigenvalue weighted by molar-refractivity contribution is 0.352. The summed E-state index contributed by atoms with van der Waals surface area (Å²) in [5.74, 6) is 1.36. The van der Waals surface area contributed by atoms with E-state index in [1.165, 1.54) is 5.56 Å². The Morgan fingerprint density at radius 2 is 2.05 bits per heavy atom. The Morgan fingerprint density at radius 3 is 2.68 bits per heavy atom. The Kier molecular flexibility index (Phi) is 3.11. The second kappa shape index (κ2) is 4.78. The highest BCUT2D eigenvalue weighted by Crippen LogP contribution is 2.52. The lowest BCUT2D eigenvalue weighted by Crippen LogP contribution is -2.13. The maximum absolute atomic E-state index is 6.04. The van der Waals surface area contributed by atoms with Gasteiger partial charge in [0.05, 0.1) is 11.5 Å². The molecule has 1 aromatic carbocycles. The first-order valence-electron chi connectivity index (χ1n) is 6.91. The standard InChI is InChI=1S/C15H19N3O/c1-2-6-12(16)13-17-14(19-18-13)15(9-10-15)11-7-4-3-5-8-11/h3-5,7-8,12H,2,6,9-10,16H2,1H3. The van der Waals surface area contributed by atoms with Crippen LogP contribution in [0.15, 0.2) is 34.9 Å². The second-order valence-electron chi connectivity index (χ2n) is 5.30. The van der Waals surface area contributed by atoms with Crippen LogP contribution in [0.3, 0.4) is 0 Å². The summed E-state index contributed by atoms with van der Waals surface area (Å²) in [6, 6.07) is 10.3. The molecule has 0 radical (unpaired) electrons. The molecule has 1 aliphatic carbocycles. The molecule has 4 heteroatoms. The fourth-order valence-electron chi connectivity index (χ4n) is 2.53. The normalized spacial score (nSPS) is 18.2. The third-order valence-electron chi connectivity index (χ3n) is 3.86. The number of nitrogens with two attached hydrogens (primary N) is 1. The third kappa shape index (κ3) is 2.16. The van der Waals surface area contributed by atoms with E-state index < -0.39 is 0 Å². The molecule has 1 aliphatic rings. The smallest absolute Gasteiger partial charge is 0.237 e. The van der Waals surface area contributed by atoms with Crippen molar-refractivity contribution in [3.63, 3.8) is 0 Å². The van der Waals surface area contributed by atoms with E-state index in [1.807, 2.05) is 6.07 Å². The molecule has 0 spiro atoms. The van der Waals surface area contributed by atoms with Crippen molar-refractivity contribution < 1.29 is 4.52 Å². The molecule has 3 rings (SSSR count). The van der Waals surface area contributed by atoms with Crippen LogP contribution in [-0.2, 0) is 5.41 Å². The summed E-state index contributed by atoms with van der Waals surface area (Å²) in [4.78, 5) is 4.54. The minimum atomic E-state index is -0.117. The highest BCUT2D eigenvalue weighted by Gasteiger charge is 2.50. The lowest BCUT2D eigenvalue weighted by atomic mass is 9.96. The number of nitrogens with zero attached hydrogens (tertiary/aromatic N) is 2. The van der Waals surface area contributed by atoms with E-state index in [0.29, 0.717) is 5.82 Å². The topological polar surface area (TPSA) is 64.9 Å². The van der Waals surface area contributed by atoms with Crippen molar-refractivity contribution >= 4 is 0 Å². The molecule has 0 bridgehead atoms. The quantitative estimate of drug-likeness (QED) is 0.894. The number of hydrogen-bond donors (Lipinski definition) is 1. The summed E-state index contributed by atoms with van der Waals surface area (Å²) in [5.41, 5.74) is 7.24. The molecular weight excluding hydrogens is 238 g/mol. The predicted molar refractivity (Wildman–Crippen MR) is 72.6 cm³/mol. The molecule has 4 nitrogen and oxygen atoms in total. The van der Waals surface area contributed by atoms with Gasteiger partial charge < -0.3 is 10.3 Å². The molecule has 2 N–H and O–H groups in total. The molecule has 1 unspecified atom stereocenters. The van der Waals surface area contributed by atoms with Gasteiger partial charge in [-0.25, -0.2) is 0 Å². The molecule has 1 saturated carbocycles. The minimum absolute atomic E-state index is 0.0571. The summed E-state index contributed by atoms with van der Waals surface area (Å²) < 4.78 is 5.47. The van der Waals surface area contributed by atoms with Gasteiger partial charge in [-0.2, -0.15) is 4.98 Å². The van der Waals surface area contributed by atoms with Crippen LogP contribution < -0.4 is 5.73 Å².